The van der Waals surface area contributed by atoms with Gasteiger partial charge in [-0.05, 0) is 10.1 Å². The minimum absolute atomic E-state index is 0. The van der Waals surface area contributed by atoms with Gasteiger partial charge in [-0.3, -0.25) is 0 Å². The van der Waals surface area contributed by atoms with Crippen LogP contribution in [0.4, 0.5) is 0 Å². The molecule has 0 aromatic rings. The SMILES string of the molecule is B[SiH3].[AlH3].[LiH]. The van der Waals surface area contributed by atoms with E-state index in [1.165, 1.54) is 10.1 Å². The summed E-state index contributed by atoms with van der Waals surface area (Å²) in [5.41, 5.74) is 0. The van der Waals surface area contributed by atoms with Gasteiger partial charge < -0.3 is 0 Å². The summed E-state index contributed by atoms with van der Waals surface area (Å²) in [7, 11) is 3.44. The molecule has 0 spiro atoms. The van der Waals surface area contributed by atoms with Crippen molar-refractivity contribution in [2.24, 2.45) is 0 Å². The molecule has 4 heteroatoms. The van der Waals surface area contributed by atoms with E-state index >= 15 is 0 Å². The van der Waals surface area contributed by atoms with Crippen LogP contribution in [-0.2, 0) is 0 Å². The Morgan fingerprint density at radius 1 is 1.25 bits per heavy atom. The number of hydrogen-bond donors (Lipinski definition) is 0. The van der Waals surface area contributed by atoms with Crippen LogP contribution in [-0.4, -0.2) is 53.8 Å². The predicted octanol–water partition coefficient (Wildman–Crippen LogP) is -3.93. The summed E-state index contributed by atoms with van der Waals surface area (Å²) in [6.45, 7) is 0. The maximum absolute atomic E-state index is 2.14. The Hall–Kier alpha value is 1.41. The minimum atomic E-state index is 0. The van der Waals surface area contributed by atoms with Crippen molar-refractivity contribution in [3.8, 4) is 0 Å². The van der Waals surface area contributed by atoms with Crippen LogP contribution in [0.2, 0.25) is 0 Å². The Kier molecular flexibility index (Phi) is 117. The van der Waals surface area contributed by atoms with Crippen LogP contribution >= 0.6 is 0 Å². The molecule has 0 atom stereocenters. The zero-order chi connectivity index (χ0) is 2.00. The molecule has 0 fully saturated rings. The summed E-state index contributed by atoms with van der Waals surface area (Å²) < 4.78 is 0. The van der Waals surface area contributed by atoms with Crippen molar-refractivity contribution in [3.05, 3.63) is 0 Å². The van der Waals surface area contributed by atoms with Crippen LogP contribution in [0.3, 0.4) is 0 Å². The normalized spacial score (nSPS) is 2.00. The van der Waals surface area contributed by atoms with Crippen molar-refractivity contribution in [2.75, 3.05) is 0 Å². The summed E-state index contributed by atoms with van der Waals surface area (Å²) in [4.78, 5) is 0. The second-order valence-corrected chi connectivity index (χ2v) is 0. The molecule has 0 radical (unpaired) electrons. The molecular formula is H9AlBLiSi. The molecule has 0 rings (SSSR count). The first-order valence-corrected chi connectivity index (χ1v) is 3.00. The van der Waals surface area contributed by atoms with Gasteiger partial charge in [0.25, 0.3) is 0 Å². The summed E-state index contributed by atoms with van der Waals surface area (Å²) in [6, 6.07) is 0. The first kappa shape index (κ1) is 18.1. The van der Waals surface area contributed by atoms with Gasteiger partial charge >= 0.3 is 18.9 Å². The molecule has 0 saturated carbocycles. The number of rotatable bonds is 0. The summed E-state index contributed by atoms with van der Waals surface area (Å²) in [6.07, 6.45) is 0. The average molecular weight is 81.9 g/mol. The second kappa shape index (κ2) is 25.8. The zero-order valence-electron chi connectivity index (χ0n) is 2.00. The van der Waals surface area contributed by atoms with Crippen LogP contribution in [0.1, 0.15) is 0 Å². The van der Waals surface area contributed by atoms with Crippen LogP contribution in [0.25, 0.3) is 0 Å². The topological polar surface area (TPSA) is 0 Å². The Balaban J connectivity index is -0.00000000500. The van der Waals surface area contributed by atoms with Crippen LogP contribution in [0.15, 0.2) is 0 Å². The monoisotopic (exact) mass is 82.1 g/mol. The van der Waals surface area contributed by atoms with Gasteiger partial charge in [0.05, 0.1) is 7.44 Å². The molecule has 0 aliphatic heterocycles. The molecule has 0 aromatic heterocycles. The summed E-state index contributed by atoms with van der Waals surface area (Å²) in [5.74, 6) is 0. The molecule has 0 aliphatic carbocycles. The van der Waals surface area contributed by atoms with Crippen molar-refractivity contribution < 1.29 is 0 Å². The van der Waals surface area contributed by atoms with E-state index in [1.54, 1.807) is 0 Å². The third kappa shape index (κ3) is 9.96. The Morgan fingerprint density at radius 2 is 1.25 bits per heavy atom. The second-order valence-electron chi connectivity index (χ2n) is 0. The van der Waals surface area contributed by atoms with Crippen molar-refractivity contribution >= 4 is 53.8 Å². The van der Waals surface area contributed by atoms with Gasteiger partial charge in [0.15, 0.2) is 17.4 Å². The molecule has 0 unspecified atom stereocenters. The van der Waals surface area contributed by atoms with Gasteiger partial charge in [-0.2, -0.15) is 0 Å². The fraction of sp³-hybridized carbons (Fsp3) is 0. The van der Waals surface area contributed by atoms with Crippen LogP contribution in [0.5, 0.6) is 0 Å². The third-order valence-corrected chi connectivity index (χ3v) is 0. The molecule has 0 nitrogen and oxygen atoms in total. The van der Waals surface area contributed by atoms with Gasteiger partial charge in [0, 0.05) is 0 Å². The van der Waals surface area contributed by atoms with Crippen molar-refractivity contribution in [1.82, 2.24) is 0 Å². The van der Waals surface area contributed by atoms with E-state index in [2.05, 4.69) is 7.44 Å². The fourth-order valence-electron chi connectivity index (χ4n) is 0. The van der Waals surface area contributed by atoms with E-state index in [4.69, 9.17) is 0 Å². The Bertz CT molecular complexity index is 8.00. The van der Waals surface area contributed by atoms with Gasteiger partial charge in [-0.15, -0.1) is 0 Å². The van der Waals surface area contributed by atoms with Crippen molar-refractivity contribution in [3.63, 3.8) is 0 Å². The van der Waals surface area contributed by atoms with E-state index in [-0.39, 0.29) is 36.2 Å². The molecular weight excluding hydrogens is 72.8 g/mol. The summed E-state index contributed by atoms with van der Waals surface area (Å²) >= 11 is 0. The first-order valence-electron chi connectivity index (χ1n) is 1.00. The maximum atomic E-state index is 2.14. The zero-order valence-corrected chi connectivity index (χ0v) is 4.00. The van der Waals surface area contributed by atoms with Crippen LogP contribution in [0, 0.1) is 0 Å². The van der Waals surface area contributed by atoms with Crippen molar-refractivity contribution in [2.45, 2.75) is 0 Å². The first-order chi connectivity index (χ1) is 1.00. The van der Waals surface area contributed by atoms with Gasteiger partial charge in [-0.1, -0.05) is 0 Å². The Labute approximate surface area is 53.8 Å². The molecule has 0 aromatic carbocycles. The van der Waals surface area contributed by atoms with Gasteiger partial charge in [0.1, 0.15) is 0 Å². The molecule has 0 heterocycles. The van der Waals surface area contributed by atoms with E-state index < -0.39 is 0 Å². The molecule has 0 amide bonds. The molecule has 4 heavy (non-hydrogen) atoms. The van der Waals surface area contributed by atoms with E-state index in [1.807, 2.05) is 0 Å². The van der Waals surface area contributed by atoms with E-state index in [0.717, 1.165) is 0 Å². The fourth-order valence-corrected chi connectivity index (χ4v) is 0. The van der Waals surface area contributed by atoms with Gasteiger partial charge in [0.2, 0.25) is 0 Å². The molecule has 0 aliphatic rings. The molecule has 0 bridgehead atoms. The summed E-state index contributed by atoms with van der Waals surface area (Å²) in [5, 5.41) is 0. The standard InChI is InChI=1S/Al.BH5Si.Li.4H/c;1-2;;;;;/h;1H2,2H3;;;;;. The van der Waals surface area contributed by atoms with E-state index in [0.29, 0.717) is 0 Å². The predicted molar refractivity (Wildman–Crippen MR) is 35.6 cm³/mol. The average Bonchev–Trinajstić information content (AvgIpc) is 1.00. The number of hydrogen-bond acceptors (Lipinski definition) is 0. The molecule has 20 valence electrons. The molecule has 0 N–H and O–H groups in total. The van der Waals surface area contributed by atoms with Crippen molar-refractivity contribution in [1.29, 1.82) is 0 Å². The Morgan fingerprint density at radius 3 is 1.25 bits per heavy atom. The van der Waals surface area contributed by atoms with Gasteiger partial charge in [-0.25, -0.2) is 0 Å². The quantitative estimate of drug-likeness (QED) is 0.262. The third-order valence-electron chi connectivity index (χ3n) is 0. The van der Waals surface area contributed by atoms with E-state index in [9.17, 15) is 0 Å². The van der Waals surface area contributed by atoms with Crippen LogP contribution < -0.4 is 0 Å². The molecule has 0 saturated heterocycles.